The van der Waals surface area contributed by atoms with E-state index < -0.39 is 5.54 Å². The maximum Gasteiger partial charge on any atom is 0.142 e. The number of hydrogen-bond donors (Lipinski definition) is 1. The fourth-order valence-electron chi connectivity index (χ4n) is 1.15. The highest BCUT2D eigenvalue weighted by atomic mass is 79.9. The third-order valence-corrected chi connectivity index (χ3v) is 2.51. The zero-order chi connectivity index (χ0) is 10.9. The quantitative estimate of drug-likeness (QED) is 0.889. The van der Waals surface area contributed by atoms with Crippen LogP contribution in [0.3, 0.4) is 0 Å². The lowest BCUT2D eigenvalue weighted by Crippen LogP contribution is -2.30. The minimum absolute atomic E-state index is 0.335. The van der Waals surface area contributed by atoms with E-state index in [2.05, 4.69) is 15.9 Å². The Morgan fingerprint density at radius 2 is 2.00 bits per heavy atom. The van der Waals surface area contributed by atoms with Gasteiger partial charge < -0.3 is 10.5 Å². The number of methoxy groups -OCH3 is 1. The maximum atomic E-state index is 13.6. The van der Waals surface area contributed by atoms with E-state index >= 15 is 0 Å². The molecule has 0 unspecified atom stereocenters. The Hall–Kier alpha value is -0.610. The van der Waals surface area contributed by atoms with E-state index in [1.807, 2.05) is 0 Å². The van der Waals surface area contributed by atoms with Gasteiger partial charge in [-0.2, -0.15) is 0 Å². The van der Waals surface area contributed by atoms with E-state index in [1.54, 1.807) is 26.0 Å². The molecule has 0 aliphatic heterocycles. The zero-order valence-electron chi connectivity index (χ0n) is 8.40. The third-order valence-electron chi connectivity index (χ3n) is 1.93. The van der Waals surface area contributed by atoms with Crippen LogP contribution in [0.25, 0.3) is 0 Å². The molecule has 0 aromatic heterocycles. The molecular formula is C10H13BrFNO. The van der Waals surface area contributed by atoms with E-state index in [4.69, 9.17) is 10.5 Å². The summed E-state index contributed by atoms with van der Waals surface area (Å²) < 4.78 is 19.0. The number of halogens is 2. The summed E-state index contributed by atoms with van der Waals surface area (Å²) in [6, 6.07) is 3.19. The third kappa shape index (κ3) is 2.25. The van der Waals surface area contributed by atoms with Gasteiger partial charge in [0.1, 0.15) is 11.6 Å². The molecule has 2 nitrogen and oxygen atoms in total. The van der Waals surface area contributed by atoms with Crippen molar-refractivity contribution in [2.24, 2.45) is 5.73 Å². The highest BCUT2D eigenvalue weighted by Gasteiger charge is 2.21. The normalized spacial score (nSPS) is 11.6. The number of ether oxygens (including phenoxy) is 1. The van der Waals surface area contributed by atoms with Gasteiger partial charge in [-0.15, -0.1) is 0 Å². The molecule has 78 valence electrons. The van der Waals surface area contributed by atoms with E-state index in [-0.39, 0.29) is 5.82 Å². The zero-order valence-corrected chi connectivity index (χ0v) is 9.98. The Labute approximate surface area is 91.4 Å². The van der Waals surface area contributed by atoms with Gasteiger partial charge in [0.05, 0.1) is 11.6 Å². The molecule has 4 heteroatoms. The van der Waals surface area contributed by atoms with Crippen molar-refractivity contribution >= 4 is 15.9 Å². The molecule has 1 rings (SSSR count). The second-order valence-electron chi connectivity index (χ2n) is 3.69. The summed E-state index contributed by atoms with van der Waals surface area (Å²) >= 11 is 3.12. The first-order chi connectivity index (χ1) is 6.36. The lowest BCUT2D eigenvalue weighted by Gasteiger charge is -2.21. The van der Waals surface area contributed by atoms with Crippen LogP contribution in [0.1, 0.15) is 19.4 Å². The van der Waals surface area contributed by atoms with Crippen molar-refractivity contribution in [3.63, 3.8) is 0 Å². The average Bonchev–Trinajstić information content (AvgIpc) is 2.07. The summed E-state index contributed by atoms with van der Waals surface area (Å²) in [5.41, 5.74) is 5.55. The van der Waals surface area contributed by atoms with Crippen LogP contribution in [0.5, 0.6) is 5.75 Å². The van der Waals surface area contributed by atoms with Crippen molar-refractivity contribution in [3.8, 4) is 5.75 Å². The largest absolute Gasteiger partial charge is 0.497 e. The first-order valence-corrected chi connectivity index (χ1v) is 4.98. The van der Waals surface area contributed by atoms with Crippen LogP contribution in [-0.4, -0.2) is 7.11 Å². The molecule has 0 radical (unpaired) electrons. The summed E-state index contributed by atoms with van der Waals surface area (Å²) in [4.78, 5) is 0. The monoisotopic (exact) mass is 261 g/mol. The van der Waals surface area contributed by atoms with Gasteiger partial charge in [0.2, 0.25) is 0 Å². The summed E-state index contributed by atoms with van der Waals surface area (Å²) in [7, 11) is 1.53. The summed E-state index contributed by atoms with van der Waals surface area (Å²) in [5, 5.41) is 0. The van der Waals surface area contributed by atoms with Crippen LogP contribution >= 0.6 is 15.9 Å². The van der Waals surface area contributed by atoms with Crippen molar-refractivity contribution < 1.29 is 9.13 Å². The minimum atomic E-state index is -0.721. The average molecular weight is 262 g/mol. The molecular weight excluding hydrogens is 249 g/mol. The molecule has 0 atom stereocenters. The van der Waals surface area contributed by atoms with E-state index in [1.165, 1.54) is 7.11 Å². The molecule has 0 saturated heterocycles. The molecule has 0 amide bonds. The molecule has 0 fully saturated rings. The predicted molar refractivity (Wildman–Crippen MR) is 57.9 cm³/mol. The van der Waals surface area contributed by atoms with Crippen LogP contribution in [0.2, 0.25) is 0 Å². The second kappa shape index (κ2) is 3.87. The topological polar surface area (TPSA) is 35.2 Å². The predicted octanol–water partition coefficient (Wildman–Crippen LogP) is 2.79. The van der Waals surface area contributed by atoms with Gasteiger partial charge in [0, 0.05) is 11.1 Å². The smallest absolute Gasteiger partial charge is 0.142 e. The number of rotatable bonds is 2. The van der Waals surface area contributed by atoms with Gasteiger partial charge in [-0.05, 0) is 41.9 Å². The van der Waals surface area contributed by atoms with Gasteiger partial charge in [-0.1, -0.05) is 0 Å². The number of benzene rings is 1. The lowest BCUT2D eigenvalue weighted by molar-refractivity contribution is 0.408. The first kappa shape index (κ1) is 11.5. The molecule has 14 heavy (non-hydrogen) atoms. The van der Waals surface area contributed by atoms with Gasteiger partial charge in [0.15, 0.2) is 0 Å². The molecule has 2 N–H and O–H groups in total. The molecule has 0 bridgehead atoms. The highest BCUT2D eigenvalue weighted by Crippen LogP contribution is 2.30. The Morgan fingerprint density at radius 1 is 1.43 bits per heavy atom. The van der Waals surface area contributed by atoms with Crippen LogP contribution in [0.15, 0.2) is 16.6 Å². The second-order valence-corrected chi connectivity index (χ2v) is 4.55. The van der Waals surface area contributed by atoms with Crippen LogP contribution in [0.4, 0.5) is 4.39 Å². The van der Waals surface area contributed by atoms with Crippen LogP contribution in [-0.2, 0) is 5.54 Å². The lowest BCUT2D eigenvalue weighted by atomic mass is 9.95. The summed E-state index contributed by atoms with van der Waals surface area (Å²) in [6.45, 7) is 3.49. The number of hydrogen-bond acceptors (Lipinski definition) is 2. The summed E-state index contributed by atoms with van der Waals surface area (Å²) in [5.74, 6) is 0.255. The highest BCUT2D eigenvalue weighted by molar-refractivity contribution is 9.10. The summed E-state index contributed by atoms with van der Waals surface area (Å²) in [6.07, 6.45) is 0. The molecule has 1 aromatic carbocycles. The van der Waals surface area contributed by atoms with E-state index in [9.17, 15) is 4.39 Å². The van der Waals surface area contributed by atoms with Crippen molar-refractivity contribution in [2.75, 3.05) is 7.11 Å². The van der Waals surface area contributed by atoms with Crippen LogP contribution in [0, 0.1) is 5.82 Å². The van der Waals surface area contributed by atoms with Gasteiger partial charge in [0.25, 0.3) is 0 Å². The van der Waals surface area contributed by atoms with Crippen molar-refractivity contribution in [2.45, 2.75) is 19.4 Å². The molecule has 1 aromatic rings. The standard InChI is InChI=1S/C10H13BrFNO/c1-10(2,13)7-4-6(14-3)5-8(11)9(7)12/h4-5H,13H2,1-3H3. The van der Waals surface area contributed by atoms with Crippen molar-refractivity contribution in [3.05, 3.63) is 28.0 Å². The maximum absolute atomic E-state index is 13.6. The molecule has 0 saturated carbocycles. The fourth-order valence-corrected chi connectivity index (χ4v) is 1.59. The minimum Gasteiger partial charge on any atom is -0.497 e. The van der Waals surface area contributed by atoms with E-state index in [0.29, 0.717) is 15.8 Å². The van der Waals surface area contributed by atoms with Gasteiger partial charge in [-0.25, -0.2) is 4.39 Å². The van der Waals surface area contributed by atoms with Gasteiger partial charge in [-0.3, -0.25) is 0 Å². The SMILES string of the molecule is COc1cc(Br)c(F)c(C(C)(C)N)c1. The Bertz CT molecular complexity index is 347. The Morgan fingerprint density at radius 3 is 2.43 bits per heavy atom. The fraction of sp³-hybridized carbons (Fsp3) is 0.400. The first-order valence-electron chi connectivity index (χ1n) is 4.18. The molecule has 0 heterocycles. The van der Waals surface area contributed by atoms with E-state index in [0.717, 1.165) is 0 Å². The van der Waals surface area contributed by atoms with Crippen molar-refractivity contribution in [1.82, 2.24) is 0 Å². The molecule has 0 aliphatic rings. The Kier molecular flexibility index (Phi) is 3.17. The molecule has 0 aliphatic carbocycles. The Balaban J connectivity index is 3.35. The van der Waals surface area contributed by atoms with Crippen molar-refractivity contribution in [1.29, 1.82) is 0 Å². The van der Waals surface area contributed by atoms with Crippen LogP contribution < -0.4 is 10.5 Å². The molecule has 0 spiro atoms. The number of nitrogens with two attached hydrogens (primary N) is 1. The van der Waals surface area contributed by atoms with Gasteiger partial charge >= 0.3 is 0 Å².